The Kier molecular flexibility index (Phi) is 6.26. The van der Waals surface area contributed by atoms with Gasteiger partial charge in [0.1, 0.15) is 6.61 Å². The van der Waals surface area contributed by atoms with Gasteiger partial charge >= 0.3 is 5.97 Å². The minimum atomic E-state index is -0.155. The molecule has 0 saturated carbocycles. The van der Waals surface area contributed by atoms with Crippen LogP contribution < -0.4 is 5.73 Å². The molecule has 0 unspecified atom stereocenters. The molecule has 0 atom stereocenters. The average Bonchev–Trinajstić information content (AvgIpc) is 2.33. The van der Waals surface area contributed by atoms with Crippen LogP contribution in [0.1, 0.15) is 24.8 Å². The van der Waals surface area contributed by atoms with Gasteiger partial charge in [0, 0.05) is 6.42 Å². The Balaban J connectivity index is 2.11. The van der Waals surface area contributed by atoms with Crippen molar-refractivity contribution in [2.24, 2.45) is 5.73 Å². The molecule has 1 aromatic rings. The lowest BCUT2D eigenvalue weighted by molar-refractivity contribution is -0.144. The predicted octanol–water partition coefficient (Wildman–Crippen LogP) is 2.06. The fourth-order valence-corrected chi connectivity index (χ4v) is 1.29. The van der Waals surface area contributed by atoms with Crippen molar-refractivity contribution in [3.63, 3.8) is 0 Å². The standard InChI is InChI=1S/C13H18NO2/c14-10-6-2-5-9-13(15)16-11-12-7-3-1-4-8-12/h1-4,7-8H,5-6,9-11,14H2. The Bertz CT molecular complexity index is 298. The number of rotatable bonds is 7. The van der Waals surface area contributed by atoms with Crippen LogP contribution in [-0.4, -0.2) is 12.5 Å². The third kappa shape index (κ3) is 5.51. The number of nitrogens with two attached hydrogens (primary N) is 1. The van der Waals surface area contributed by atoms with Crippen LogP contribution in [0.5, 0.6) is 0 Å². The normalized spacial score (nSPS) is 10.1. The van der Waals surface area contributed by atoms with Crippen LogP contribution >= 0.6 is 0 Å². The molecular weight excluding hydrogens is 202 g/mol. The van der Waals surface area contributed by atoms with Crippen LogP contribution in [0.4, 0.5) is 0 Å². The highest BCUT2D eigenvalue weighted by molar-refractivity contribution is 5.69. The second kappa shape index (κ2) is 7.88. The maximum absolute atomic E-state index is 11.3. The van der Waals surface area contributed by atoms with Gasteiger partial charge in [0.25, 0.3) is 0 Å². The van der Waals surface area contributed by atoms with E-state index in [1.54, 1.807) is 0 Å². The van der Waals surface area contributed by atoms with E-state index >= 15 is 0 Å². The number of ether oxygens (including phenoxy) is 1. The fraction of sp³-hybridized carbons (Fsp3) is 0.385. The van der Waals surface area contributed by atoms with Crippen molar-refractivity contribution < 1.29 is 9.53 Å². The molecule has 3 nitrogen and oxygen atoms in total. The largest absolute Gasteiger partial charge is 0.461 e. The summed E-state index contributed by atoms with van der Waals surface area (Å²) < 4.78 is 5.12. The van der Waals surface area contributed by atoms with Crippen LogP contribution in [-0.2, 0) is 16.1 Å². The molecular formula is C13H18NO2. The molecule has 0 heterocycles. The molecule has 0 fully saturated rings. The summed E-state index contributed by atoms with van der Waals surface area (Å²) in [6.45, 7) is 0.996. The molecule has 0 aliphatic rings. The molecule has 1 aromatic carbocycles. The highest BCUT2D eigenvalue weighted by atomic mass is 16.5. The molecule has 0 aromatic heterocycles. The van der Waals surface area contributed by atoms with Gasteiger partial charge in [0.2, 0.25) is 0 Å². The second-order valence-electron chi connectivity index (χ2n) is 3.55. The lowest BCUT2D eigenvalue weighted by atomic mass is 10.2. The Morgan fingerprint density at radius 3 is 2.69 bits per heavy atom. The first kappa shape index (κ1) is 12.7. The third-order valence-electron chi connectivity index (χ3n) is 2.17. The van der Waals surface area contributed by atoms with Crippen molar-refractivity contribution in [1.29, 1.82) is 0 Å². The summed E-state index contributed by atoms with van der Waals surface area (Å²) >= 11 is 0. The van der Waals surface area contributed by atoms with E-state index in [-0.39, 0.29) is 5.97 Å². The Morgan fingerprint density at radius 2 is 2.00 bits per heavy atom. The molecule has 0 spiro atoms. The summed E-state index contributed by atoms with van der Waals surface area (Å²) in [5.41, 5.74) is 6.35. The van der Waals surface area contributed by atoms with Gasteiger partial charge in [-0.2, -0.15) is 0 Å². The van der Waals surface area contributed by atoms with E-state index in [9.17, 15) is 4.79 Å². The number of carbonyl (C=O) groups is 1. The minimum absolute atomic E-state index is 0.155. The zero-order valence-corrected chi connectivity index (χ0v) is 9.39. The molecule has 0 saturated heterocycles. The smallest absolute Gasteiger partial charge is 0.306 e. The molecule has 0 bridgehead atoms. The third-order valence-corrected chi connectivity index (χ3v) is 2.17. The average molecular weight is 220 g/mol. The fourth-order valence-electron chi connectivity index (χ4n) is 1.29. The molecule has 0 amide bonds. The van der Waals surface area contributed by atoms with Crippen molar-refractivity contribution in [1.82, 2.24) is 0 Å². The summed E-state index contributed by atoms with van der Waals surface area (Å²) in [7, 11) is 0. The Labute approximate surface area is 96.6 Å². The summed E-state index contributed by atoms with van der Waals surface area (Å²) in [6.07, 6.45) is 4.05. The number of carbonyl (C=O) groups excluding carboxylic acids is 1. The van der Waals surface area contributed by atoms with Gasteiger partial charge in [-0.05, 0) is 31.4 Å². The zero-order chi connectivity index (χ0) is 11.6. The van der Waals surface area contributed by atoms with E-state index in [1.165, 1.54) is 0 Å². The molecule has 87 valence electrons. The summed E-state index contributed by atoms with van der Waals surface area (Å²) in [5, 5.41) is 0. The second-order valence-corrected chi connectivity index (χ2v) is 3.55. The lowest BCUT2D eigenvalue weighted by Crippen LogP contribution is -2.05. The van der Waals surface area contributed by atoms with Gasteiger partial charge in [-0.3, -0.25) is 4.79 Å². The van der Waals surface area contributed by atoms with Crippen molar-refractivity contribution in [2.45, 2.75) is 25.9 Å². The number of hydrogen-bond acceptors (Lipinski definition) is 3. The zero-order valence-electron chi connectivity index (χ0n) is 9.39. The molecule has 3 heteroatoms. The minimum Gasteiger partial charge on any atom is -0.461 e. The van der Waals surface area contributed by atoms with E-state index < -0.39 is 0 Å². The quantitative estimate of drug-likeness (QED) is 0.565. The number of hydrogen-bond donors (Lipinski definition) is 1. The summed E-state index contributed by atoms with van der Waals surface area (Å²) in [6, 6.07) is 9.67. The monoisotopic (exact) mass is 220 g/mol. The van der Waals surface area contributed by atoms with Crippen LogP contribution in [0, 0.1) is 6.42 Å². The molecule has 1 radical (unpaired) electrons. The van der Waals surface area contributed by atoms with Gasteiger partial charge in [-0.25, -0.2) is 0 Å². The number of esters is 1. The van der Waals surface area contributed by atoms with E-state index in [4.69, 9.17) is 10.5 Å². The van der Waals surface area contributed by atoms with E-state index in [0.717, 1.165) is 18.4 Å². The highest BCUT2D eigenvalue weighted by Gasteiger charge is 2.02. The van der Waals surface area contributed by atoms with Crippen molar-refractivity contribution in [3.8, 4) is 0 Å². The van der Waals surface area contributed by atoms with Gasteiger partial charge in [-0.15, -0.1) is 0 Å². The SMILES string of the molecule is NCC[CH]CCC(=O)OCc1ccccc1. The predicted molar refractivity (Wildman–Crippen MR) is 63.4 cm³/mol. The van der Waals surface area contributed by atoms with Crippen LogP contribution in [0.3, 0.4) is 0 Å². The van der Waals surface area contributed by atoms with Crippen LogP contribution in [0.2, 0.25) is 0 Å². The summed E-state index contributed by atoms with van der Waals surface area (Å²) in [4.78, 5) is 11.3. The number of benzene rings is 1. The van der Waals surface area contributed by atoms with Gasteiger partial charge in [0.05, 0.1) is 0 Å². The van der Waals surface area contributed by atoms with Gasteiger partial charge in [-0.1, -0.05) is 30.3 Å². The Hall–Kier alpha value is -1.35. The topological polar surface area (TPSA) is 52.3 Å². The highest BCUT2D eigenvalue weighted by Crippen LogP contribution is 2.04. The van der Waals surface area contributed by atoms with E-state index in [1.807, 2.05) is 36.8 Å². The van der Waals surface area contributed by atoms with Crippen molar-refractivity contribution in [3.05, 3.63) is 42.3 Å². The maximum Gasteiger partial charge on any atom is 0.306 e. The first-order valence-electron chi connectivity index (χ1n) is 5.54. The van der Waals surface area contributed by atoms with Crippen LogP contribution in [0.25, 0.3) is 0 Å². The molecule has 0 aliphatic heterocycles. The van der Waals surface area contributed by atoms with E-state index in [0.29, 0.717) is 19.6 Å². The van der Waals surface area contributed by atoms with Crippen molar-refractivity contribution >= 4 is 5.97 Å². The van der Waals surface area contributed by atoms with Gasteiger partial charge in [0.15, 0.2) is 0 Å². The first-order valence-corrected chi connectivity index (χ1v) is 5.54. The van der Waals surface area contributed by atoms with Gasteiger partial charge < -0.3 is 10.5 Å². The van der Waals surface area contributed by atoms with E-state index in [2.05, 4.69) is 0 Å². The molecule has 0 aliphatic carbocycles. The lowest BCUT2D eigenvalue weighted by Gasteiger charge is -2.04. The summed E-state index contributed by atoms with van der Waals surface area (Å²) in [5.74, 6) is -0.155. The first-order chi connectivity index (χ1) is 7.83. The molecule has 16 heavy (non-hydrogen) atoms. The van der Waals surface area contributed by atoms with Crippen molar-refractivity contribution in [2.75, 3.05) is 6.54 Å². The Morgan fingerprint density at radius 1 is 1.25 bits per heavy atom. The van der Waals surface area contributed by atoms with Crippen LogP contribution in [0.15, 0.2) is 30.3 Å². The number of unbranched alkanes of at least 4 members (excludes halogenated alkanes) is 2. The maximum atomic E-state index is 11.3. The molecule has 1 rings (SSSR count). The molecule has 2 N–H and O–H groups in total.